The van der Waals surface area contributed by atoms with Gasteiger partial charge in [-0.25, -0.2) is 0 Å². The summed E-state index contributed by atoms with van der Waals surface area (Å²) in [4.78, 5) is 12.0. The van der Waals surface area contributed by atoms with Crippen molar-refractivity contribution in [2.24, 2.45) is 7.05 Å². The van der Waals surface area contributed by atoms with Crippen LogP contribution >= 0.6 is 23.2 Å². The van der Waals surface area contributed by atoms with Crippen molar-refractivity contribution in [3.63, 3.8) is 0 Å². The van der Waals surface area contributed by atoms with Gasteiger partial charge in [-0.2, -0.15) is 5.10 Å². The quantitative estimate of drug-likeness (QED) is 0.458. The zero-order chi connectivity index (χ0) is 17.8. The van der Waals surface area contributed by atoms with Gasteiger partial charge in [0, 0.05) is 13.2 Å². The topological polar surface area (TPSA) is 57.3 Å². The van der Waals surface area contributed by atoms with Crippen LogP contribution in [0.3, 0.4) is 0 Å². The molecule has 0 spiro atoms. The predicted octanol–water partition coefficient (Wildman–Crippen LogP) is 4.80. The maximum Gasteiger partial charge on any atom is 0.189 e. The van der Waals surface area contributed by atoms with E-state index in [9.17, 15) is 4.79 Å². The van der Waals surface area contributed by atoms with Gasteiger partial charge in [-0.15, -0.1) is 0 Å². The summed E-state index contributed by atoms with van der Waals surface area (Å²) in [6, 6.07) is 8.69. The minimum Gasteiger partial charge on any atom is -0.484 e. The van der Waals surface area contributed by atoms with E-state index in [-0.39, 0.29) is 12.4 Å². The molecule has 0 aliphatic rings. The summed E-state index contributed by atoms with van der Waals surface area (Å²) < 4.78 is 12.8. The van der Waals surface area contributed by atoms with Crippen molar-refractivity contribution in [2.45, 2.75) is 6.61 Å². The van der Waals surface area contributed by atoms with E-state index >= 15 is 0 Å². The largest absolute Gasteiger partial charge is 0.484 e. The number of ether oxygens (including phenoxy) is 1. The molecule has 3 rings (SSSR count). The zero-order valence-corrected chi connectivity index (χ0v) is 14.8. The van der Waals surface area contributed by atoms with Crippen LogP contribution in [-0.4, -0.2) is 15.6 Å². The van der Waals surface area contributed by atoms with E-state index in [1.165, 1.54) is 12.3 Å². The summed E-state index contributed by atoms with van der Waals surface area (Å²) in [7, 11) is 1.76. The molecule has 5 nitrogen and oxygen atoms in total. The van der Waals surface area contributed by atoms with E-state index in [4.69, 9.17) is 32.4 Å². The van der Waals surface area contributed by atoms with E-state index in [1.807, 2.05) is 0 Å². The average molecular weight is 377 g/mol. The monoisotopic (exact) mass is 376 g/mol. The molecular weight excluding hydrogens is 363 g/mol. The van der Waals surface area contributed by atoms with Crippen molar-refractivity contribution in [3.8, 4) is 5.75 Å². The lowest BCUT2D eigenvalue weighted by Gasteiger charge is -2.06. The minimum absolute atomic E-state index is 0.145. The number of carbonyl (C=O) groups excluding carboxylic acids is 1. The molecule has 2 aromatic heterocycles. The van der Waals surface area contributed by atoms with Crippen LogP contribution in [0.25, 0.3) is 6.08 Å². The third kappa shape index (κ3) is 4.32. The maximum atomic E-state index is 12.0. The predicted molar refractivity (Wildman–Crippen MR) is 96.1 cm³/mol. The first-order valence-electron chi connectivity index (χ1n) is 7.39. The molecule has 25 heavy (non-hydrogen) atoms. The van der Waals surface area contributed by atoms with Gasteiger partial charge in [0.15, 0.2) is 5.78 Å². The van der Waals surface area contributed by atoms with E-state index in [0.29, 0.717) is 32.9 Å². The highest BCUT2D eigenvalue weighted by atomic mass is 35.5. The Morgan fingerprint density at radius 1 is 1.32 bits per heavy atom. The number of aryl methyl sites for hydroxylation is 1. The lowest BCUT2D eigenvalue weighted by atomic mass is 10.2. The van der Waals surface area contributed by atoms with E-state index in [1.54, 1.807) is 54.3 Å². The lowest BCUT2D eigenvalue weighted by molar-refractivity contribution is 0.104. The highest BCUT2D eigenvalue weighted by Crippen LogP contribution is 2.32. The molecule has 0 saturated heterocycles. The van der Waals surface area contributed by atoms with Gasteiger partial charge in [-0.05, 0) is 36.4 Å². The van der Waals surface area contributed by atoms with Gasteiger partial charge in [-0.3, -0.25) is 9.48 Å². The minimum atomic E-state index is -0.145. The summed E-state index contributed by atoms with van der Waals surface area (Å²) in [6.45, 7) is 0.199. The second kappa shape index (κ2) is 7.59. The Labute approximate surface area is 154 Å². The van der Waals surface area contributed by atoms with Crippen LogP contribution in [-0.2, 0) is 13.7 Å². The fourth-order valence-electron chi connectivity index (χ4n) is 2.11. The fraction of sp³-hybridized carbons (Fsp3) is 0.111. The molecule has 0 radical (unpaired) electrons. The Morgan fingerprint density at radius 3 is 2.92 bits per heavy atom. The molecule has 2 heterocycles. The zero-order valence-electron chi connectivity index (χ0n) is 13.3. The molecule has 0 unspecified atom stereocenters. The van der Waals surface area contributed by atoms with Crippen LogP contribution in [0.15, 0.2) is 53.2 Å². The van der Waals surface area contributed by atoms with Crippen molar-refractivity contribution in [3.05, 3.63) is 75.9 Å². The molecular formula is C18H14Cl2N2O3. The normalized spacial score (nSPS) is 11.2. The molecule has 128 valence electrons. The third-order valence-corrected chi connectivity index (χ3v) is 4.16. The van der Waals surface area contributed by atoms with Crippen molar-refractivity contribution in [2.75, 3.05) is 0 Å². The molecule has 0 bridgehead atoms. The second-order valence-corrected chi connectivity index (χ2v) is 6.03. The van der Waals surface area contributed by atoms with Gasteiger partial charge in [0.1, 0.15) is 28.9 Å². The Hall–Kier alpha value is -2.50. The molecule has 7 heteroatoms. The average Bonchev–Trinajstić information content (AvgIpc) is 3.23. The smallest absolute Gasteiger partial charge is 0.189 e. The van der Waals surface area contributed by atoms with Gasteiger partial charge in [-0.1, -0.05) is 29.3 Å². The lowest BCUT2D eigenvalue weighted by Crippen LogP contribution is -1.94. The van der Waals surface area contributed by atoms with Crippen molar-refractivity contribution >= 4 is 35.1 Å². The van der Waals surface area contributed by atoms with Crippen LogP contribution < -0.4 is 4.74 Å². The molecule has 0 amide bonds. The molecule has 0 atom stereocenters. The van der Waals surface area contributed by atoms with E-state index in [2.05, 4.69) is 5.10 Å². The highest BCUT2D eigenvalue weighted by molar-refractivity contribution is 6.42. The van der Waals surface area contributed by atoms with Crippen LogP contribution in [0.4, 0.5) is 0 Å². The number of hydrogen-bond acceptors (Lipinski definition) is 4. The number of halogens is 2. The van der Waals surface area contributed by atoms with Gasteiger partial charge in [0.25, 0.3) is 0 Å². The number of allylic oxidation sites excluding steroid dienone is 1. The van der Waals surface area contributed by atoms with E-state index in [0.717, 1.165) is 0 Å². The number of benzene rings is 1. The molecule has 0 saturated carbocycles. The van der Waals surface area contributed by atoms with Gasteiger partial charge in [0.05, 0.1) is 16.8 Å². The summed E-state index contributed by atoms with van der Waals surface area (Å²) >= 11 is 12.0. The van der Waals surface area contributed by atoms with E-state index < -0.39 is 0 Å². The molecule has 1 aromatic carbocycles. The van der Waals surface area contributed by atoms with Crippen LogP contribution in [0.2, 0.25) is 10.0 Å². The van der Waals surface area contributed by atoms with Crippen LogP contribution in [0.1, 0.15) is 21.9 Å². The number of nitrogens with zero attached hydrogens (tertiary/aromatic N) is 2. The number of ketones is 1. The number of hydrogen-bond donors (Lipinski definition) is 0. The van der Waals surface area contributed by atoms with Crippen LogP contribution in [0, 0.1) is 0 Å². The molecule has 0 N–H and O–H groups in total. The fourth-order valence-corrected chi connectivity index (χ4v) is 2.45. The SMILES string of the molecule is Cn1cc(C(=O)/C=C/c2ccc(COc3cccc(Cl)c3Cl)o2)cn1. The Morgan fingerprint density at radius 2 is 2.16 bits per heavy atom. The maximum absolute atomic E-state index is 12.0. The summed E-state index contributed by atoms with van der Waals surface area (Å²) in [6.07, 6.45) is 6.21. The number of aromatic nitrogens is 2. The van der Waals surface area contributed by atoms with Crippen molar-refractivity contribution in [1.82, 2.24) is 9.78 Å². The summed E-state index contributed by atoms with van der Waals surface area (Å²) in [5.74, 6) is 1.49. The molecule has 0 fully saturated rings. The van der Waals surface area contributed by atoms with Gasteiger partial charge >= 0.3 is 0 Å². The number of carbonyl (C=O) groups is 1. The molecule has 0 aliphatic heterocycles. The van der Waals surface area contributed by atoms with Crippen LogP contribution in [0.5, 0.6) is 5.75 Å². The first-order chi connectivity index (χ1) is 12.0. The summed E-state index contributed by atoms with van der Waals surface area (Å²) in [5.41, 5.74) is 0.518. The third-order valence-electron chi connectivity index (χ3n) is 3.36. The second-order valence-electron chi connectivity index (χ2n) is 5.24. The van der Waals surface area contributed by atoms with Gasteiger partial charge in [0.2, 0.25) is 0 Å². The van der Waals surface area contributed by atoms with Crippen molar-refractivity contribution in [1.29, 1.82) is 0 Å². The first kappa shape index (κ1) is 17.3. The standard InChI is InChI=1S/C18H14Cl2N2O3/c1-22-10-12(9-21-22)16(23)8-7-13-5-6-14(25-13)11-24-17-4-2-3-15(19)18(17)20/h2-10H,11H2,1H3/b8-7+. The van der Waals surface area contributed by atoms with Crippen molar-refractivity contribution < 1.29 is 13.9 Å². The number of rotatable bonds is 6. The Balaban J connectivity index is 1.61. The number of furan rings is 1. The highest BCUT2D eigenvalue weighted by Gasteiger charge is 2.08. The Kier molecular flexibility index (Phi) is 5.26. The Bertz CT molecular complexity index is 928. The molecule has 0 aliphatic carbocycles. The summed E-state index contributed by atoms with van der Waals surface area (Å²) in [5, 5.41) is 4.75. The van der Waals surface area contributed by atoms with Gasteiger partial charge < -0.3 is 9.15 Å². The molecule has 3 aromatic rings. The first-order valence-corrected chi connectivity index (χ1v) is 8.15.